The molecule has 3 nitrogen and oxygen atoms in total. The van der Waals surface area contributed by atoms with Gasteiger partial charge in [-0.25, -0.2) is 0 Å². The Morgan fingerprint density at radius 1 is 1.14 bits per heavy atom. The maximum absolute atomic E-state index is 11.4. The third kappa shape index (κ3) is 3.73. The number of rotatable bonds is 5. The fourth-order valence-electron chi connectivity index (χ4n) is 2.08. The van der Waals surface area contributed by atoms with Crippen LogP contribution in [0.2, 0.25) is 10.0 Å². The number of carboxylic acid groups (broad SMARTS) is 1. The van der Waals surface area contributed by atoms with Crippen LogP contribution in [0.25, 0.3) is 0 Å². The molecule has 0 fully saturated rings. The van der Waals surface area contributed by atoms with Gasteiger partial charge < -0.3 is 9.84 Å². The number of halogens is 2. The number of hydrogen-bond acceptors (Lipinski definition) is 2. The predicted octanol–water partition coefficient (Wildman–Crippen LogP) is 4.93. The molecule has 0 bridgehead atoms. The van der Waals surface area contributed by atoms with Crippen LogP contribution in [0.4, 0.5) is 0 Å². The Morgan fingerprint density at radius 3 is 2.32 bits per heavy atom. The minimum Gasteiger partial charge on any atom is -0.489 e. The second kappa shape index (κ2) is 6.59. The SMILES string of the molecule is CC(C)(C(=O)O)c1ccccc1OCc1cc(Cl)cc(Cl)c1. The molecule has 0 radical (unpaired) electrons. The highest BCUT2D eigenvalue weighted by Gasteiger charge is 2.32. The van der Waals surface area contributed by atoms with E-state index in [9.17, 15) is 9.90 Å². The molecule has 2 rings (SSSR count). The minimum absolute atomic E-state index is 0.257. The highest BCUT2D eigenvalue weighted by Crippen LogP contribution is 2.32. The van der Waals surface area contributed by atoms with E-state index in [2.05, 4.69) is 0 Å². The first-order valence-corrected chi connectivity index (χ1v) is 7.47. The molecule has 0 spiro atoms. The molecule has 2 aromatic carbocycles. The number of carbonyl (C=O) groups is 1. The largest absolute Gasteiger partial charge is 0.489 e. The molecule has 2 aromatic rings. The lowest BCUT2D eigenvalue weighted by molar-refractivity contribution is -0.142. The van der Waals surface area contributed by atoms with Crippen molar-refractivity contribution >= 4 is 29.2 Å². The zero-order valence-corrected chi connectivity index (χ0v) is 13.8. The van der Waals surface area contributed by atoms with Gasteiger partial charge in [-0.2, -0.15) is 0 Å². The molecule has 0 aliphatic carbocycles. The van der Waals surface area contributed by atoms with Crippen molar-refractivity contribution in [3.63, 3.8) is 0 Å². The minimum atomic E-state index is -1.04. The van der Waals surface area contributed by atoms with Crippen molar-refractivity contribution in [3.8, 4) is 5.75 Å². The van der Waals surface area contributed by atoms with Crippen molar-refractivity contribution in [2.75, 3.05) is 0 Å². The van der Waals surface area contributed by atoms with E-state index in [0.717, 1.165) is 5.56 Å². The van der Waals surface area contributed by atoms with Crippen LogP contribution in [0.1, 0.15) is 25.0 Å². The zero-order valence-electron chi connectivity index (χ0n) is 12.3. The highest BCUT2D eigenvalue weighted by atomic mass is 35.5. The van der Waals surface area contributed by atoms with E-state index in [-0.39, 0.29) is 6.61 Å². The number of carboxylic acids is 1. The molecule has 22 heavy (non-hydrogen) atoms. The Morgan fingerprint density at radius 2 is 1.73 bits per heavy atom. The Labute approximate surface area is 139 Å². The van der Waals surface area contributed by atoms with Crippen LogP contribution in [-0.2, 0) is 16.8 Å². The van der Waals surface area contributed by atoms with Gasteiger partial charge in [0.1, 0.15) is 12.4 Å². The van der Waals surface area contributed by atoms with E-state index in [1.807, 2.05) is 6.07 Å². The molecule has 0 saturated carbocycles. The Bertz CT molecular complexity index is 676. The van der Waals surface area contributed by atoms with E-state index in [1.54, 1.807) is 50.2 Å². The van der Waals surface area contributed by atoms with Gasteiger partial charge in [0.15, 0.2) is 0 Å². The summed E-state index contributed by atoms with van der Waals surface area (Å²) in [5, 5.41) is 10.5. The summed E-state index contributed by atoms with van der Waals surface area (Å²) in [4.78, 5) is 11.4. The van der Waals surface area contributed by atoms with Crippen molar-refractivity contribution in [3.05, 3.63) is 63.6 Å². The van der Waals surface area contributed by atoms with Crippen molar-refractivity contribution in [1.29, 1.82) is 0 Å². The van der Waals surface area contributed by atoms with Crippen LogP contribution < -0.4 is 4.74 Å². The van der Waals surface area contributed by atoms with Crippen LogP contribution in [0.3, 0.4) is 0 Å². The maximum atomic E-state index is 11.4. The molecule has 1 N–H and O–H groups in total. The molecule has 5 heteroatoms. The van der Waals surface area contributed by atoms with E-state index in [1.165, 1.54) is 0 Å². The maximum Gasteiger partial charge on any atom is 0.313 e. The summed E-state index contributed by atoms with van der Waals surface area (Å²) >= 11 is 11.9. The van der Waals surface area contributed by atoms with Crippen molar-refractivity contribution in [2.45, 2.75) is 25.9 Å². The summed E-state index contributed by atoms with van der Waals surface area (Å²) in [6.45, 7) is 3.55. The second-order valence-electron chi connectivity index (χ2n) is 5.49. The zero-order chi connectivity index (χ0) is 16.3. The van der Waals surface area contributed by atoms with Gasteiger partial charge in [-0.05, 0) is 43.7 Å². The lowest BCUT2D eigenvalue weighted by Gasteiger charge is -2.23. The standard InChI is InChI=1S/C17H16Cl2O3/c1-17(2,16(20)21)14-5-3-4-6-15(14)22-10-11-7-12(18)9-13(19)8-11/h3-9H,10H2,1-2H3,(H,20,21). The number of benzene rings is 2. The van der Waals surface area contributed by atoms with Crippen LogP contribution in [0, 0.1) is 0 Å². The molecule has 0 aliphatic heterocycles. The van der Waals surface area contributed by atoms with Crippen LogP contribution in [-0.4, -0.2) is 11.1 Å². The van der Waals surface area contributed by atoms with E-state index >= 15 is 0 Å². The normalized spacial score (nSPS) is 11.3. The Kier molecular flexibility index (Phi) is 4.99. The van der Waals surface area contributed by atoms with Crippen molar-refractivity contribution < 1.29 is 14.6 Å². The molecule has 116 valence electrons. The van der Waals surface area contributed by atoms with Crippen LogP contribution in [0.15, 0.2) is 42.5 Å². The molecular weight excluding hydrogens is 323 g/mol. The molecule has 0 amide bonds. The van der Waals surface area contributed by atoms with Crippen molar-refractivity contribution in [2.24, 2.45) is 0 Å². The topological polar surface area (TPSA) is 46.5 Å². The monoisotopic (exact) mass is 338 g/mol. The molecule has 0 saturated heterocycles. The fourth-order valence-corrected chi connectivity index (χ4v) is 2.65. The summed E-state index contributed by atoms with van der Waals surface area (Å²) in [6.07, 6.45) is 0. The number of ether oxygens (including phenoxy) is 1. The molecule has 0 aliphatic rings. The van der Waals surface area contributed by atoms with Gasteiger partial charge in [-0.15, -0.1) is 0 Å². The summed E-state index contributed by atoms with van der Waals surface area (Å²) in [6, 6.07) is 12.3. The van der Waals surface area contributed by atoms with Gasteiger partial charge in [0.25, 0.3) is 0 Å². The molecule has 0 atom stereocenters. The highest BCUT2D eigenvalue weighted by molar-refractivity contribution is 6.34. The third-order valence-corrected chi connectivity index (χ3v) is 3.85. The number of para-hydroxylation sites is 1. The van der Waals surface area contributed by atoms with Gasteiger partial charge >= 0.3 is 5.97 Å². The molecule has 0 heterocycles. The first-order chi connectivity index (χ1) is 10.3. The van der Waals surface area contributed by atoms with Gasteiger partial charge in [0.2, 0.25) is 0 Å². The number of hydrogen-bond donors (Lipinski definition) is 1. The summed E-state index contributed by atoms with van der Waals surface area (Å²) in [5.74, 6) is -0.375. The quantitative estimate of drug-likeness (QED) is 0.840. The Balaban J connectivity index is 2.25. The first-order valence-electron chi connectivity index (χ1n) is 6.71. The lowest BCUT2D eigenvalue weighted by Crippen LogP contribution is -2.29. The predicted molar refractivity (Wildman–Crippen MR) is 87.9 cm³/mol. The average Bonchev–Trinajstić information content (AvgIpc) is 2.44. The Hall–Kier alpha value is -1.71. The lowest BCUT2D eigenvalue weighted by atomic mass is 9.84. The van der Waals surface area contributed by atoms with Crippen LogP contribution >= 0.6 is 23.2 Å². The second-order valence-corrected chi connectivity index (χ2v) is 6.37. The number of aliphatic carboxylic acids is 1. The van der Waals surface area contributed by atoms with Gasteiger partial charge in [0.05, 0.1) is 5.41 Å². The van der Waals surface area contributed by atoms with E-state index in [0.29, 0.717) is 21.4 Å². The summed E-state index contributed by atoms with van der Waals surface area (Å²) < 4.78 is 5.79. The third-order valence-electron chi connectivity index (χ3n) is 3.41. The van der Waals surface area contributed by atoms with Gasteiger partial charge in [0, 0.05) is 15.6 Å². The smallest absolute Gasteiger partial charge is 0.313 e. The molecular formula is C17H16Cl2O3. The summed E-state index contributed by atoms with van der Waals surface area (Å²) in [7, 11) is 0. The average molecular weight is 339 g/mol. The van der Waals surface area contributed by atoms with Gasteiger partial charge in [-0.1, -0.05) is 41.4 Å². The molecule has 0 aromatic heterocycles. The first kappa shape index (κ1) is 16.7. The fraction of sp³-hybridized carbons (Fsp3) is 0.235. The van der Waals surface area contributed by atoms with Crippen molar-refractivity contribution in [1.82, 2.24) is 0 Å². The van der Waals surface area contributed by atoms with E-state index in [4.69, 9.17) is 27.9 Å². The van der Waals surface area contributed by atoms with E-state index < -0.39 is 11.4 Å². The summed E-state index contributed by atoms with van der Waals surface area (Å²) in [5.41, 5.74) is 0.402. The van der Waals surface area contributed by atoms with Gasteiger partial charge in [-0.3, -0.25) is 4.79 Å². The molecule has 0 unspecified atom stereocenters. The van der Waals surface area contributed by atoms with Crippen LogP contribution in [0.5, 0.6) is 5.75 Å².